The highest BCUT2D eigenvalue weighted by Gasteiger charge is 2.23. The Bertz CT molecular complexity index is 1230. The number of rotatable bonds is 9. The minimum absolute atomic E-state index is 0.0520. The topological polar surface area (TPSA) is 65.2 Å². The third-order valence-corrected chi connectivity index (χ3v) is 5.89. The van der Waals surface area contributed by atoms with E-state index < -0.39 is 6.04 Å². The summed E-state index contributed by atoms with van der Waals surface area (Å²) in [5.74, 6) is 0.141. The Kier molecular flexibility index (Phi) is 7.01. The van der Waals surface area contributed by atoms with E-state index in [-0.39, 0.29) is 11.7 Å². The molecule has 4 aromatic rings. The standard InChI is InChI=1S/C28H29N3O2/c1-31(2)26(32)18-21-14-12-20(13-15-21)16-17-29-27(22-8-4-3-5-9-22)28(33)24-19-30-25-11-7-6-10-23(24)25/h3-15,19,27,29-30H,16-18H2,1-2H3. The number of likely N-dealkylation sites (N-methyl/N-ethyl adjacent to an activating group) is 1. The summed E-state index contributed by atoms with van der Waals surface area (Å²) in [5.41, 5.74) is 4.77. The van der Waals surface area contributed by atoms with Crippen molar-refractivity contribution < 1.29 is 9.59 Å². The van der Waals surface area contributed by atoms with Crippen LogP contribution in [0.4, 0.5) is 0 Å². The molecule has 2 N–H and O–H groups in total. The van der Waals surface area contributed by atoms with Gasteiger partial charge in [0, 0.05) is 43.3 Å². The first-order chi connectivity index (χ1) is 16.0. The number of carbonyl (C=O) groups excluding carboxylic acids is 2. The fourth-order valence-electron chi connectivity index (χ4n) is 3.96. The highest BCUT2D eigenvalue weighted by Crippen LogP contribution is 2.24. The summed E-state index contributed by atoms with van der Waals surface area (Å²) in [7, 11) is 3.53. The van der Waals surface area contributed by atoms with Crippen molar-refractivity contribution >= 4 is 22.6 Å². The number of fused-ring (bicyclic) bond motifs is 1. The molecule has 5 nitrogen and oxygen atoms in total. The summed E-state index contributed by atoms with van der Waals surface area (Å²) in [4.78, 5) is 30.3. The summed E-state index contributed by atoms with van der Waals surface area (Å²) in [6.45, 7) is 0.656. The second-order valence-corrected chi connectivity index (χ2v) is 8.44. The Morgan fingerprint density at radius 2 is 1.55 bits per heavy atom. The van der Waals surface area contributed by atoms with E-state index in [1.807, 2.05) is 66.7 Å². The van der Waals surface area contributed by atoms with Crippen LogP contribution in [0.3, 0.4) is 0 Å². The zero-order valence-electron chi connectivity index (χ0n) is 19.0. The lowest BCUT2D eigenvalue weighted by atomic mass is 9.96. The van der Waals surface area contributed by atoms with Gasteiger partial charge in [0.2, 0.25) is 5.91 Å². The van der Waals surface area contributed by atoms with Gasteiger partial charge in [0.1, 0.15) is 0 Å². The van der Waals surface area contributed by atoms with Gasteiger partial charge in [-0.3, -0.25) is 9.59 Å². The van der Waals surface area contributed by atoms with Crippen LogP contribution in [-0.4, -0.2) is 42.2 Å². The molecule has 1 aromatic heterocycles. The number of nitrogens with zero attached hydrogens (tertiary/aromatic N) is 1. The Balaban J connectivity index is 1.46. The number of aromatic nitrogens is 1. The van der Waals surface area contributed by atoms with E-state index >= 15 is 0 Å². The van der Waals surface area contributed by atoms with Gasteiger partial charge in [0.05, 0.1) is 12.5 Å². The van der Waals surface area contributed by atoms with Gasteiger partial charge in [0.15, 0.2) is 5.78 Å². The molecule has 168 valence electrons. The third kappa shape index (κ3) is 5.38. The van der Waals surface area contributed by atoms with Gasteiger partial charge < -0.3 is 15.2 Å². The predicted molar refractivity (Wildman–Crippen MR) is 132 cm³/mol. The second kappa shape index (κ2) is 10.3. The molecule has 33 heavy (non-hydrogen) atoms. The highest BCUT2D eigenvalue weighted by molar-refractivity contribution is 6.10. The number of H-pyrrole nitrogens is 1. The molecule has 1 unspecified atom stereocenters. The molecule has 4 rings (SSSR count). The molecule has 1 heterocycles. The minimum Gasteiger partial charge on any atom is -0.360 e. The van der Waals surface area contributed by atoms with E-state index in [0.29, 0.717) is 18.5 Å². The number of aromatic amines is 1. The van der Waals surface area contributed by atoms with Gasteiger partial charge in [-0.05, 0) is 29.2 Å². The van der Waals surface area contributed by atoms with Crippen LogP contribution in [0.5, 0.6) is 0 Å². The van der Waals surface area contributed by atoms with E-state index in [2.05, 4.69) is 22.4 Å². The zero-order valence-corrected chi connectivity index (χ0v) is 19.0. The van der Waals surface area contributed by atoms with Crippen LogP contribution in [-0.2, 0) is 17.6 Å². The lowest BCUT2D eigenvalue weighted by molar-refractivity contribution is -0.127. The minimum atomic E-state index is -0.428. The predicted octanol–water partition coefficient (Wildman–Crippen LogP) is 4.55. The number of carbonyl (C=O) groups is 2. The van der Waals surface area contributed by atoms with Crippen LogP contribution in [0.1, 0.15) is 33.1 Å². The Hall–Kier alpha value is -3.70. The molecule has 3 aromatic carbocycles. The van der Waals surface area contributed by atoms with Gasteiger partial charge >= 0.3 is 0 Å². The first-order valence-corrected chi connectivity index (χ1v) is 11.2. The van der Waals surface area contributed by atoms with Crippen molar-refractivity contribution in [2.24, 2.45) is 0 Å². The van der Waals surface area contributed by atoms with Crippen molar-refractivity contribution in [2.45, 2.75) is 18.9 Å². The monoisotopic (exact) mass is 439 g/mol. The molecule has 0 aliphatic rings. The van der Waals surface area contributed by atoms with E-state index in [1.54, 1.807) is 25.2 Å². The molecule has 0 bridgehead atoms. The lowest BCUT2D eigenvalue weighted by Crippen LogP contribution is -2.30. The van der Waals surface area contributed by atoms with Crippen LogP contribution < -0.4 is 5.32 Å². The maximum absolute atomic E-state index is 13.5. The van der Waals surface area contributed by atoms with Crippen LogP contribution in [0.2, 0.25) is 0 Å². The Morgan fingerprint density at radius 1 is 0.879 bits per heavy atom. The SMILES string of the molecule is CN(C)C(=O)Cc1ccc(CCNC(C(=O)c2c[nH]c3ccccc23)c2ccccc2)cc1. The fourth-order valence-corrected chi connectivity index (χ4v) is 3.96. The van der Waals surface area contributed by atoms with Crippen LogP contribution in [0.25, 0.3) is 10.9 Å². The molecule has 0 radical (unpaired) electrons. The number of ketones is 1. The molecule has 0 fully saturated rings. The Labute approximate surface area is 194 Å². The average Bonchev–Trinajstić information content (AvgIpc) is 3.27. The number of nitrogens with one attached hydrogen (secondary N) is 2. The van der Waals surface area contributed by atoms with Gasteiger partial charge in [-0.1, -0.05) is 72.8 Å². The van der Waals surface area contributed by atoms with E-state index in [4.69, 9.17) is 0 Å². The molecule has 0 saturated carbocycles. The van der Waals surface area contributed by atoms with Crippen molar-refractivity contribution in [3.05, 3.63) is 107 Å². The highest BCUT2D eigenvalue weighted by atomic mass is 16.2. The van der Waals surface area contributed by atoms with Crippen LogP contribution in [0, 0.1) is 0 Å². The average molecular weight is 440 g/mol. The molecular weight excluding hydrogens is 410 g/mol. The molecular formula is C28H29N3O2. The summed E-state index contributed by atoms with van der Waals surface area (Å²) in [6, 6.07) is 25.4. The van der Waals surface area contributed by atoms with Crippen LogP contribution >= 0.6 is 0 Å². The molecule has 0 spiro atoms. The van der Waals surface area contributed by atoms with E-state index in [9.17, 15) is 9.59 Å². The number of amides is 1. The number of benzene rings is 3. The van der Waals surface area contributed by atoms with Gasteiger partial charge in [-0.2, -0.15) is 0 Å². The van der Waals surface area contributed by atoms with Crippen molar-refractivity contribution in [1.29, 1.82) is 0 Å². The summed E-state index contributed by atoms with van der Waals surface area (Å²) >= 11 is 0. The molecule has 0 aliphatic heterocycles. The number of hydrogen-bond donors (Lipinski definition) is 2. The Morgan fingerprint density at radius 3 is 2.27 bits per heavy atom. The first kappa shape index (κ1) is 22.5. The molecule has 0 saturated heterocycles. The maximum atomic E-state index is 13.5. The molecule has 1 amide bonds. The second-order valence-electron chi connectivity index (χ2n) is 8.44. The molecule has 0 aliphatic carbocycles. The van der Waals surface area contributed by atoms with Crippen molar-refractivity contribution in [1.82, 2.24) is 15.2 Å². The quantitative estimate of drug-likeness (QED) is 0.376. The smallest absolute Gasteiger partial charge is 0.226 e. The van der Waals surface area contributed by atoms with Gasteiger partial charge in [-0.25, -0.2) is 0 Å². The normalized spacial score (nSPS) is 11.9. The van der Waals surface area contributed by atoms with E-state index in [0.717, 1.165) is 34.0 Å². The van der Waals surface area contributed by atoms with E-state index in [1.165, 1.54) is 0 Å². The summed E-state index contributed by atoms with van der Waals surface area (Å²) < 4.78 is 0. The lowest BCUT2D eigenvalue weighted by Gasteiger charge is -2.18. The van der Waals surface area contributed by atoms with Gasteiger partial charge in [0.25, 0.3) is 0 Å². The van der Waals surface area contributed by atoms with Crippen molar-refractivity contribution in [2.75, 3.05) is 20.6 Å². The van der Waals surface area contributed by atoms with Crippen molar-refractivity contribution in [3.63, 3.8) is 0 Å². The largest absolute Gasteiger partial charge is 0.360 e. The number of para-hydroxylation sites is 1. The summed E-state index contributed by atoms with van der Waals surface area (Å²) in [6.07, 6.45) is 2.99. The molecule has 1 atom stereocenters. The zero-order chi connectivity index (χ0) is 23.2. The van der Waals surface area contributed by atoms with Crippen LogP contribution in [0.15, 0.2) is 85.1 Å². The maximum Gasteiger partial charge on any atom is 0.226 e. The third-order valence-electron chi connectivity index (χ3n) is 5.89. The van der Waals surface area contributed by atoms with Gasteiger partial charge in [-0.15, -0.1) is 0 Å². The summed E-state index contributed by atoms with van der Waals surface area (Å²) in [5, 5.41) is 4.41. The first-order valence-electron chi connectivity index (χ1n) is 11.2. The fraction of sp³-hybridized carbons (Fsp3) is 0.214. The number of hydrogen-bond acceptors (Lipinski definition) is 3. The number of Topliss-reactive ketones (excluding diaryl/α,β-unsaturated/α-hetero) is 1. The van der Waals surface area contributed by atoms with Crippen molar-refractivity contribution in [3.8, 4) is 0 Å². The molecule has 5 heteroatoms.